The number of carboxylic acid groups (broad SMARTS) is 1. The minimum Gasteiger partial charge on any atom is -0.481 e. The number of H-pyrrole nitrogens is 1. The van der Waals surface area contributed by atoms with E-state index in [4.69, 9.17) is 5.11 Å². The van der Waals surface area contributed by atoms with E-state index in [0.29, 0.717) is 18.7 Å². The largest absolute Gasteiger partial charge is 0.481 e. The van der Waals surface area contributed by atoms with Crippen LogP contribution in [0.4, 0.5) is 4.79 Å². The van der Waals surface area contributed by atoms with Gasteiger partial charge in [-0.3, -0.25) is 9.89 Å². The summed E-state index contributed by atoms with van der Waals surface area (Å²) in [6.07, 6.45) is 3.49. The number of hydrogen-bond donors (Lipinski definition) is 4. The van der Waals surface area contributed by atoms with Crippen LogP contribution in [0.25, 0.3) is 0 Å². The standard InChI is InChI=1S/C11H17N5O3/c1-6(9-12-5-13-16-9)14-11(19)15-8-4-2-3-7(8)10(17)18/h5-8H,2-4H2,1H3,(H,17,18)(H,12,13,16)(H2,14,15,19). The number of nitrogens with one attached hydrogen (secondary N) is 3. The van der Waals surface area contributed by atoms with Crippen molar-refractivity contribution in [2.24, 2.45) is 5.92 Å². The molecule has 2 rings (SSSR count). The predicted octanol–water partition coefficient (Wildman–Crippen LogP) is 0.418. The Morgan fingerprint density at radius 2 is 2.32 bits per heavy atom. The van der Waals surface area contributed by atoms with Crippen LogP contribution in [0, 0.1) is 5.92 Å². The molecule has 8 heteroatoms. The fourth-order valence-corrected chi connectivity index (χ4v) is 2.33. The van der Waals surface area contributed by atoms with Crippen LogP contribution in [0.3, 0.4) is 0 Å². The Hall–Kier alpha value is -2.12. The molecule has 1 heterocycles. The Bertz CT molecular complexity index is 447. The van der Waals surface area contributed by atoms with Crippen LogP contribution < -0.4 is 10.6 Å². The van der Waals surface area contributed by atoms with Crippen LogP contribution in [0.1, 0.15) is 38.1 Å². The number of aromatic amines is 1. The molecule has 1 aromatic rings. The van der Waals surface area contributed by atoms with Gasteiger partial charge in [0, 0.05) is 6.04 Å². The number of amides is 2. The second kappa shape index (κ2) is 5.68. The Labute approximate surface area is 110 Å². The molecule has 2 amide bonds. The lowest BCUT2D eigenvalue weighted by atomic mass is 10.0. The number of urea groups is 1. The number of aliphatic carboxylic acids is 1. The SMILES string of the molecule is CC(NC(=O)NC1CCCC1C(=O)O)c1ncn[nH]1. The highest BCUT2D eigenvalue weighted by atomic mass is 16.4. The third-order valence-electron chi connectivity index (χ3n) is 3.34. The molecule has 8 nitrogen and oxygen atoms in total. The molecule has 0 radical (unpaired) electrons. The Kier molecular flexibility index (Phi) is 3.98. The first-order valence-electron chi connectivity index (χ1n) is 6.23. The van der Waals surface area contributed by atoms with E-state index in [9.17, 15) is 9.59 Å². The van der Waals surface area contributed by atoms with Crippen LogP contribution in [0.15, 0.2) is 6.33 Å². The third-order valence-corrected chi connectivity index (χ3v) is 3.34. The van der Waals surface area contributed by atoms with Gasteiger partial charge in [0.05, 0.1) is 12.0 Å². The van der Waals surface area contributed by atoms with Crippen molar-refractivity contribution in [3.05, 3.63) is 12.2 Å². The first kappa shape index (κ1) is 13.3. The van der Waals surface area contributed by atoms with E-state index in [0.717, 1.165) is 6.42 Å². The third kappa shape index (κ3) is 3.21. The van der Waals surface area contributed by atoms with Crippen molar-refractivity contribution in [1.29, 1.82) is 0 Å². The minimum absolute atomic E-state index is 0.306. The molecule has 0 aromatic carbocycles. The Morgan fingerprint density at radius 3 is 2.95 bits per heavy atom. The average Bonchev–Trinajstić information content (AvgIpc) is 2.98. The first-order valence-corrected chi connectivity index (χ1v) is 6.23. The van der Waals surface area contributed by atoms with Gasteiger partial charge < -0.3 is 15.7 Å². The zero-order valence-corrected chi connectivity index (χ0v) is 10.6. The second-order valence-electron chi connectivity index (χ2n) is 4.69. The van der Waals surface area contributed by atoms with E-state index >= 15 is 0 Å². The van der Waals surface area contributed by atoms with Crippen LogP contribution in [-0.2, 0) is 4.79 Å². The molecule has 0 spiro atoms. The van der Waals surface area contributed by atoms with Gasteiger partial charge in [0.15, 0.2) is 0 Å². The lowest BCUT2D eigenvalue weighted by Gasteiger charge is -2.19. The Morgan fingerprint density at radius 1 is 1.53 bits per heavy atom. The highest BCUT2D eigenvalue weighted by Crippen LogP contribution is 2.25. The maximum Gasteiger partial charge on any atom is 0.315 e. The molecule has 1 aromatic heterocycles. The van der Waals surface area contributed by atoms with Gasteiger partial charge in [0.2, 0.25) is 0 Å². The molecule has 0 bridgehead atoms. The number of carbonyl (C=O) groups is 2. The molecule has 104 valence electrons. The van der Waals surface area contributed by atoms with Crippen LogP contribution in [0.2, 0.25) is 0 Å². The minimum atomic E-state index is -0.855. The number of carbonyl (C=O) groups excluding carboxylic acids is 1. The molecule has 3 atom stereocenters. The van der Waals surface area contributed by atoms with Gasteiger partial charge >= 0.3 is 12.0 Å². The molecule has 3 unspecified atom stereocenters. The topological polar surface area (TPSA) is 120 Å². The van der Waals surface area contributed by atoms with Crippen molar-refractivity contribution in [2.45, 2.75) is 38.3 Å². The van der Waals surface area contributed by atoms with E-state index in [1.54, 1.807) is 6.92 Å². The molecule has 19 heavy (non-hydrogen) atoms. The van der Waals surface area contributed by atoms with Crippen molar-refractivity contribution in [3.63, 3.8) is 0 Å². The smallest absolute Gasteiger partial charge is 0.315 e. The zero-order valence-electron chi connectivity index (χ0n) is 10.6. The molecular formula is C11H17N5O3. The predicted molar refractivity (Wildman–Crippen MR) is 65.2 cm³/mol. The van der Waals surface area contributed by atoms with Gasteiger partial charge in [-0.2, -0.15) is 5.10 Å². The normalized spacial score (nSPS) is 23.8. The van der Waals surface area contributed by atoms with E-state index in [-0.39, 0.29) is 18.1 Å². The maximum atomic E-state index is 11.8. The quantitative estimate of drug-likeness (QED) is 0.630. The number of rotatable bonds is 4. The average molecular weight is 267 g/mol. The molecule has 0 saturated heterocycles. The van der Waals surface area contributed by atoms with Crippen LogP contribution >= 0.6 is 0 Å². The Balaban J connectivity index is 1.86. The van der Waals surface area contributed by atoms with E-state index < -0.39 is 11.9 Å². The summed E-state index contributed by atoms with van der Waals surface area (Å²) in [5.74, 6) is -0.797. The summed E-state index contributed by atoms with van der Waals surface area (Å²) < 4.78 is 0. The summed E-state index contributed by atoms with van der Waals surface area (Å²) in [4.78, 5) is 26.7. The van der Waals surface area contributed by atoms with Gasteiger partial charge in [-0.1, -0.05) is 6.42 Å². The van der Waals surface area contributed by atoms with Crippen molar-refractivity contribution < 1.29 is 14.7 Å². The fourth-order valence-electron chi connectivity index (χ4n) is 2.33. The lowest BCUT2D eigenvalue weighted by Crippen LogP contribution is -2.46. The van der Waals surface area contributed by atoms with Crippen molar-refractivity contribution >= 4 is 12.0 Å². The molecular weight excluding hydrogens is 250 g/mol. The molecule has 1 aliphatic carbocycles. The van der Waals surface area contributed by atoms with Gasteiger partial charge in [-0.15, -0.1) is 0 Å². The summed E-state index contributed by atoms with van der Waals surface area (Å²) in [5, 5.41) is 20.8. The van der Waals surface area contributed by atoms with Crippen molar-refractivity contribution in [2.75, 3.05) is 0 Å². The number of aromatic nitrogens is 3. The molecule has 1 saturated carbocycles. The lowest BCUT2D eigenvalue weighted by molar-refractivity contribution is -0.142. The van der Waals surface area contributed by atoms with Crippen molar-refractivity contribution in [1.82, 2.24) is 25.8 Å². The number of carboxylic acids is 1. The molecule has 1 aliphatic rings. The molecule has 1 fully saturated rings. The summed E-state index contributed by atoms with van der Waals surface area (Å²) in [5.41, 5.74) is 0. The van der Waals surface area contributed by atoms with Gasteiger partial charge in [0.1, 0.15) is 12.2 Å². The number of hydrogen-bond acceptors (Lipinski definition) is 4. The van der Waals surface area contributed by atoms with Gasteiger partial charge in [-0.05, 0) is 19.8 Å². The summed E-state index contributed by atoms with van der Waals surface area (Å²) >= 11 is 0. The first-order chi connectivity index (χ1) is 9.08. The van der Waals surface area contributed by atoms with Gasteiger partial charge in [-0.25, -0.2) is 9.78 Å². The highest BCUT2D eigenvalue weighted by Gasteiger charge is 2.34. The summed E-state index contributed by atoms with van der Waals surface area (Å²) in [6, 6.07) is -1.01. The summed E-state index contributed by atoms with van der Waals surface area (Å²) in [6.45, 7) is 1.77. The van der Waals surface area contributed by atoms with Crippen LogP contribution in [0.5, 0.6) is 0 Å². The maximum absolute atomic E-state index is 11.8. The van der Waals surface area contributed by atoms with Gasteiger partial charge in [0.25, 0.3) is 0 Å². The van der Waals surface area contributed by atoms with E-state index in [1.807, 2.05) is 0 Å². The molecule has 0 aliphatic heterocycles. The van der Waals surface area contributed by atoms with Crippen LogP contribution in [-0.4, -0.2) is 38.3 Å². The van der Waals surface area contributed by atoms with E-state index in [1.165, 1.54) is 6.33 Å². The monoisotopic (exact) mass is 267 g/mol. The zero-order chi connectivity index (χ0) is 13.8. The van der Waals surface area contributed by atoms with Crippen molar-refractivity contribution in [3.8, 4) is 0 Å². The highest BCUT2D eigenvalue weighted by molar-refractivity contribution is 5.77. The summed E-state index contributed by atoms with van der Waals surface area (Å²) in [7, 11) is 0. The fraction of sp³-hybridized carbons (Fsp3) is 0.636. The second-order valence-corrected chi connectivity index (χ2v) is 4.69. The van der Waals surface area contributed by atoms with E-state index in [2.05, 4.69) is 25.8 Å². The molecule has 4 N–H and O–H groups in total. The number of nitrogens with zero attached hydrogens (tertiary/aromatic N) is 2.